The molecular weight excluding hydrogens is 347 g/mol. The van der Waals surface area contributed by atoms with Gasteiger partial charge in [0.1, 0.15) is 6.26 Å². The minimum absolute atomic E-state index is 0.0333. The van der Waals surface area contributed by atoms with Gasteiger partial charge in [0.15, 0.2) is 11.6 Å². The molecule has 0 saturated heterocycles. The molecule has 6 heteroatoms. The Morgan fingerprint density at radius 3 is 2.67 bits per heavy atom. The molecule has 0 spiro atoms. The van der Waals surface area contributed by atoms with Crippen LogP contribution >= 0.6 is 0 Å². The summed E-state index contributed by atoms with van der Waals surface area (Å²) >= 11 is 0. The van der Waals surface area contributed by atoms with Crippen LogP contribution in [0, 0.1) is 5.82 Å². The third-order valence-electron chi connectivity index (χ3n) is 4.32. The van der Waals surface area contributed by atoms with E-state index >= 15 is 0 Å². The number of methoxy groups -OCH3 is 1. The van der Waals surface area contributed by atoms with Crippen LogP contribution in [0.5, 0.6) is 5.75 Å². The Hall–Kier alpha value is -3.15. The van der Waals surface area contributed by atoms with Gasteiger partial charge in [0, 0.05) is 23.1 Å². The SMILES string of the molecule is COc1cc(C(=O)NCC(C)(C)c2coc(-c3ccccc3)n2)ccc1F. The molecule has 0 saturated carbocycles. The minimum Gasteiger partial charge on any atom is -0.494 e. The van der Waals surface area contributed by atoms with Gasteiger partial charge in [-0.05, 0) is 30.3 Å². The van der Waals surface area contributed by atoms with Gasteiger partial charge in [-0.1, -0.05) is 32.0 Å². The zero-order valence-corrected chi connectivity index (χ0v) is 15.5. The Kier molecular flexibility index (Phi) is 5.26. The number of carbonyl (C=O) groups is 1. The smallest absolute Gasteiger partial charge is 0.251 e. The first-order chi connectivity index (χ1) is 12.9. The molecule has 2 aromatic carbocycles. The molecule has 0 bridgehead atoms. The van der Waals surface area contributed by atoms with Gasteiger partial charge in [-0.25, -0.2) is 9.37 Å². The average molecular weight is 368 g/mol. The summed E-state index contributed by atoms with van der Waals surface area (Å²) in [4.78, 5) is 17.0. The van der Waals surface area contributed by atoms with Gasteiger partial charge in [-0.3, -0.25) is 4.79 Å². The number of benzene rings is 2. The van der Waals surface area contributed by atoms with Crippen molar-refractivity contribution in [3.8, 4) is 17.2 Å². The van der Waals surface area contributed by atoms with Crippen molar-refractivity contribution in [3.63, 3.8) is 0 Å². The Bertz CT molecular complexity index is 936. The second-order valence-electron chi connectivity index (χ2n) is 6.82. The molecule has 27 heavy (non-hydrogen) atoms. The highest BCUT2D eigenvalue weighted by atomic mass is 19.1. The predicted molar refractivity (Wildman–Crippen MR) is 100 cm³/mol. The first kappa shape index (κ1) is 18.6. The maximum atomic E-state index is 13.5. The van der Waals surface area contributed by atoms with Gasteiger partial charge in [0.05, 0.1) is 12.8 Å². The lowest BCUT2D eigenvalue weighted by Crippen LogP contribution is -2.37. The largest absolute Gasteiger partial charge is 0.494 e. The zero-order valence-electron chi connectivity index (χ0n) is 15.5. The zero-order chi connectivity index (χ0) is 19.4. The van der Waals surface area contributed by atoms with Gasteiger partial charge in [0.25, 0.3) is 5.91 Å². The van der Waals surface area contributed by atoms with E-state index in [9.17, 15) is 9.18 Å². The minimum atomic E-state index is -0.509. The van der Waals surface area contributed by atoms with Crippen molar-refractivity contribution < 1.29 is 18.3 Å². The lowest BCUT2D eigenvalue weighted by molar-refractivity contribution is 0.0945. The van der Waals surface area contributed by atoms with E-state index in [0.29, 0.717) is 18.0 Å². The van der Waals surface area contributed by atoms with Crippen molar-refractivity contribution in [1.82, 2.24) is 10.3 Å². The van der Waals surface area contributed by atoms with E-state index in [2.05, 4.69) is 10.3 Å². The monoisotopic (exact) mass is 368 g/mol. The summed E-state index contributed by atoms with van der Waals surface area (Å²) in [6.07, 6.45) is 1.61. The van der Waals surface area contributed by atoms with Gasteiger partial charge >= 0.3 is 0 Å². The van der Waals surface area contributed by atoms with Crippen LogP contribution in [0.25, 0.3) is 11.5 Å². The summed E-state index contributed by atoms with van der Waals surface area (Å²) in [5.41, 5.74) is 1.51. The topological polar surface area (TPSA) is 64.4 Å². The molecule has 1 amide bonds. The van der Waals surface area contributed by atoms with Crippen LogP contribution in [0.2, 0.25) is 0 Å². The van der Waals surface area contributed by atoms with Crippen molar-refractivity contribution in [2.24, 2.45) is 0 Å². The Labute approximate surface area is 157 Å². The maximum Gasteiger partial charge on any atom is 0.251 e. The number of aromatic nitrogens is 1. The van der Waals surface area contributed by atoms with Gasteiger partial charge in [0.2, 0.25) is 5.89 Å². The molecule has 1 aromatic heterocycles. The molecule has 3 aromatic rings. The number of ether oxygens (including phenoxy) is 1. The van der Waals surface area contributed by atoms with Crippen LogP contribution in [0.15, 0.2) is 59.2 Å². The molecule has 0 aliphatic rings. The number of oxazole rings is 1. The van der Waals surface area contributed by atoms with Crippen LogP contribution in [-0.2, 0) is 5.41 Å². The van der Waals surface area contributed by atoms with Crippen molar-refractivity contribution in [1.29, 1.82) is 0 Å². The molecule has 0 radical (unpaired) electrons. The van der Waals surface area contributed by atoms with Crippen molar-refractivity contribution >= 4 is 5.91 Å². The molecule has 0 fully saturated rings. The Morgan fingerprint density at radius 1 is 1.22 bits per heavy atom. The molecule has 0 aliphatic heterocycles. The predicted octanol–water partition coefficient (Wildman–Crippen LogP) is 4.20. The first-order valence-electron chi connectivity index (χ1n) is 8.54. The maximum absolute atomic E-state index is 13.5. The van der Waals surface area contributed by atoms with E-state index in [0.717, 1.165) is 11.3 Å². The van der Waals surface area contributed by atoms with Gasteiger partial charge in [-0.15, -0.1) is 0 Å². The van der Waals surface area contributed by atoms with E-state index in [4.69, 9.17) is 9.15 Å². The fraction of sp³-hybridized carbons (Fsp3) is 0.238. The first-order valence-corrected chi connectivity index (χ1v) is 8.54. The summed E-state index contributed by atoms with van der Waals surface area (Å²) in [6.45, 7) is 4.27. The third kappa shape index (κ3) is 4.16. The van der Waals surface area contributed by atoms with Crippen molar-refractivity contribution in [2.45, 2.75) is 19.3 Å². The lowest BCUT2D eigenvalue weighted by Gasteiger charge is -2.22. The number of halogens is 1. The number of hydrogen-bond donors (Lipinski definition) is 1. The third-order valence-corrected chi connectivity index (χ3v) is 4.32. The molecule has 0 unspecified atom stereocenters. The average Bonchev–Trinajstić information content (AvgIpc) is 3.18. The second-order valence-corrected chi connectivity index (χ2v) is 6.82. The van der Waals surface area contributed by atoms with Crippen LogP contribution in [-0.4, -0.2) is 24.5 Å². The molecule has 5 nitrogen and oxygen atoms in total. The summed E-state index contributed by atoms with van der Waals surface area (Å²) in [5.74, 6) is -0.252. The molecule has 1 N–H and O–H groups in total. The summed E-state index contributed by atoms with van der Waals surface area (Å²) < 4.78 is 24.0. The fourth-order valence-electron chi connectivity index (χ4n) is 2.59. The van der Waals surface area contributed by atoms with E-state index in [1.165, 1.54) is 25.3 Å². The second kappa shape index (κ2) is 7.61. The number of hydrogen-bond acceptors (Lipinski definition) is 4. The standard InChI is InChI=1S/C21H21FN2O3/c1-21(2,18-12-27-20(24-18)14-7-5-4-6-8-14)13-23-19(25)15-9-10-16(22)17(11-15)26-3/h4-12H,13H2,1-3H3,(H,23,25). The molecule has 140 valence electrons. The number of nitrogens with one attached hydrogen (secondary N) is 1. The van der Waals surface area contributed by atoms with Gasteiger partial charge < -0.3 is 14.5 Å². The highest BCUT2D eigenvalue weighted by Crippen LogP contribution is 2.26. The van der Waals surface area contributed by atoms with E-state index in [-0.39, 0.29) is 11.7 Å². The quantitative estimate of drug-likeness (QED) is 0.708. The summed E-state index contributed by atoms with van der Waals surface area (Å²) in [6, 6.07) is 13.6. The lowest BCUT2D eigenvalue weighted by atomic mass is 9.90. The number of rotatable bonds is 6. The summed E-state index contributed by atoms with van der Waals surface area (Å²) in [5, 5.41) is 2.86. The number of nitrogens with zero attached hydrogens (tertiary/aromatic N) is 1. The molecule has 3 rings (SSSR count). The number of amides is 1. The Balaban J connectivity index is 1.70. The molecular formula is C21H21FN2O3. The summed E-state index contributed by atoms with van der Waals surface area (Å²) in [7, 11) is 1.36. The van der Waals surface area contributed by atoms with Gasteiger partial charge in [-0.2, -0.15) is 0 Å². The van der Waals surface area contributed by atoms with Crippen LogP contribution in [0.4, 0.5) is 4.39 Å². The van der Waals surface area contributed by atoms with E-state index < -0.39 is 11.2 Å². The van der Waals surface area contributed by atoms with Crippen LogP contribution in [0.3, 0.4) is 0 Å². The molecule has 0 atom stereocenters. The van der Waals surface area contributed by atoms with Crippen molar-refractivity contribution in [2.75, 3.05) is 13.7 Å². The van der Waals surface area contributed by atoms with Crippen LogP contribution in [0.1, 0.15) is 29.9 Å². The van der Waals surface area contributed by atoms with E-state index in [1.807, 2.05) is 44.2 Å². The van der Waals surface area contributed by atoms with E-state index in [1.54, 1.807) is 6.26 Å². The highest BCUT2D eigenvalue weighted by molar-refractivity contribution is 5.94. The molecule has 0 aliphatic carbocycles. The van der Waals surface area contributed by atoms with Crippen LogP contribution < -0.4 is 10.1 Å². The Morgan fingerprint density at radius 2 is 1.96 bits per heavy atom. The molecule has 1 heterocycles. The normalized spacial score (nSPS) is 11.3. The highest BCUT2D eigenvalue weighted by Gasteiger charge is 2.26. The van der Waals surface area contributed by atoms with Crippen molar-refractivity contribution in [3.05, 3.63) is 71.9 Å². The number of carbonyl (C=O) groups excluding carboxylic acids is 1. The fourth-order valence-corrected chi connectivity index (χ4v) is 2.59.